The Bertz CT molecular complexity index is 1090. The number of nitrogens with zero attached hydrogens (tertiary/aromatic N) is 2. The molecule has 7 nitrogen and oxygen atoms in total. The van der Waals surface area contributed by atoms with Crippen LogP contribution in [0.15, 0.2) is 65.5 Å². The third-order valence-electron chi connectivity index (χ3n) is 4.05. The lowest BCUT2D eigenvalue weighted by atomic mass is 10.2. The van der Waals surface area contributed by atoms with Gasteiger partial charge in [0.2, 0.25) is 5.91 Å². The van der Waals surface area contributed by atoms with E-state index in [2.05, 4.69) is 15.7 Å². The first kappa shape index (κ1) is 20.3. The van der Waals surface area contributed by atoms with Crippen molar-refractivity contribution >= 4 is 34.8 Å². The maximum atomic E-state index is 12.4. The van der Waals surface area contributed by atoms with Gasteiger partial charge in [0.1, 0.15) is 5.69 Å². The van der Waals surface area contributed by atoms with Gasteiger partial charge in [-0.2, -0.15) is 5.10 Å². The van der Waals surface area contributed by atoms with E-state index in [0.29, 0.717) is 16.4 Å². The third kappa shape index (κ3) is 5.76. The number of anilines is 2. The molecule has 2 aromatic carbocycles. The Kier molecular flexibility index (Phi) is 6.41. The fraction of sp³-hybridized carbons (Fsp3) is 0.143. The van der Waals surface area contributed by atoms with Gasteiger partial charge < -0.3 is 10.6 Å². The molecule has 0 aliphatic rings. The maximum absolute atomic E-state index is 12.4. The number of benzene rings is 2. The first-order chi connectivity index (χ1) is 13.9. The Morgan fingerprint density at radius 3 is 2.48 bits per heavy atom. The lowest BCUT2D eigenvalue weighted by Crippen LogP contribution is -2.28. The fourth-order valence-electron chi connectivity index (χ4n) is 2.61. The highest BCUT2D eigenvalue weighted by Gasteiger charge is 2.11. The van der Waals surface area contributed by atoms with E-state index in [1.54, 1.807) is 30.3 Å². The van der Waals surface area contributed by atoms with E-state index in [9.17, 15) is 14.4 Å². The van der Waals surface area contributed by atoms with Gasteiger partial charge in [-0.1, -0.05) is 23.7 Å². The molecule has 0 bridgehead atoms. The number of carbonyl (C=O) groups excluding carboxylic acids is 2. The summed E-state index contributed by atoms with van der Waals surface area (Å²) in [4.78, 5) is 36.6. The molecular weight excluding hydrogens is 392 g/mol. The van der Waals surface area contributed by atoms with E-state index in [1.807, 2.05) is 25.1 Å². The predicted molar refractivity (Wildman–Crippen MR) is 112 cm³/mol. The average Bonchev–Trinajstić information content (AvgIpc) is 2.69. The number of rotatable bonds is 6. The van der Waals surface area contributed by atoms with Gasteiger partial charge in [-0.3, -0.25) is 14.4 Å². The van der Waals surface area contributed by atoms with E-state index in [4.69, 9.17) is 11.6 Å². The number of hydrogen-bond acceptors (Lipinski definition) is 4. The van der Waals surface area contributed by atoms with Gasteiger partial charge >= 0.3 is 0 Å². The van der Waals surface area contributed by atoms with Crippen LogP contribution in [0, 0.1) is 6.92 Å². The minimum Gasteiger partial charge on any atom is -0.326 e. The Morgan fingerprint density at radius 2 is 1.76 bits per heavy atom. The normalized spacial score (nSPS) is 10.4. The summed E-state index contributed by atoms with van der Waals surface area (Å²) in [5.41, 5.74) is 1.94. The van der Waals surface area contributed by atoms with E-state index in [-0.39, 0.29) is 24.6 Å². The Morgan fingerprint density at radius 1 is 1.00 bits per heavy atom. The predicted octanol–water partition coefficient (Wildman–Crippen LogP) is 3.49. The molecule has 3 rings (SSSR count). The maximum Gasteiger partial charge on any atom is 0.276 e. The molecule has 1 heterocycles. The molecule has 0 aliphatic carbocycles. The van der Waals surface area contributed by atoms with Crippen LogP contribution in [0.2, 0.25) is 5.02 Å². The van der Waals surface area contributed by atoms with E-state index < -0.39 is 11.5 Å². The number of aryl methyl sites for hydroxylation is 2. The molecule has 0 saturated heterocycles. The van der Waals surface area contributed by atoms with Crippen LogP contribution in [0.25, 0.3) is 0 Å². The smallest absolute Gasteiger partial charge is 0.276 e. The zero-order chi connectivity index (χ0) is 20.8. The van der Waals surface area contributed by atoms with Crippen molar-refractivity contribution in [3.63, 3.8) is 0 Å². The van der Waals surface area contributed by atoms with Crippen LogP contribution >= 0.6 is 11.6 Å². The average molecular weight is 411 g/mol. The first-order valence-electron chi connectivity index (χ1n) is 8.92. The van der Waals surface area contributed by atoms with Crippen LogP contribution in [-0.2, 0) is 11.3 Å². The minimum absolute atomic E-state index is 0.0263. The highest BCUT2D eigenvalue weighted by atomic mass is 35.5. The monoisotopic (exact) mass is 410 g/mol. The summed E-state index contributed by atoms with van der Waals surface area (Å²) in [6.07, 6.45) is 0.0263. The standard InChI is InChI=1S/C21H19ClN4O3/c1-14-3-2-4-17(13-14)24-21(29)18-9-10-20(28)26(25-18)12-11-19(27)23-16-7-5-15(22)6-8-16/h2-10,13H,11-12H2,1H3,(H,23,27)(H,24,29). The molecule has 0 radical (unpaired) electrons. The minimum atomic E-state index is -0.435. The van der Waals surface area contributed by atoms with E-state index >= 15 is 0 Å². The second-order valence-electron chi connectivity index (χ2n) is 6.41. The SMILES string of the molecule is Cc1cccc(NC(=O)c2ccc(=O)n(CCC(=O)Nc3ccc(Cl)cc3)n2)c1. The number of halogens is 1. The van der Waals surface area contributed by atoms with Crippen molar-refractivity contribution < 1.29 is 9.59 Å². The molecule has 0 unspecified atom stereocenters. The number of amides is 2. The third-order valence-corrected chi connectivity index (χ3v) is 4.31. The summed E-state index contributed by atoms with van der Waals surface area (Å²) in [5, 5.41) is 10.1. The quantitative estimate of drug-likeness (QED) is 0.650. The van der Waals surface area contributed by atoms with Crippen LogP contribution < -0.4 is 16.2 Å². The molecule has 0 aliphatic heterocycles. The summed E-state index contributed by atoms with van der Waals surface area (Å²) in [5.74, 6) is -0.717. The molecule has 3 aromatic rings. The molecule has 29 heavy (non-hydrogen) atoms. The molecule has 0 spiro atoms. The lowest BCUT2D eigenvalue weighted by molar-refractivity contribution is -0.116. The molecule has 2 N–H and O–H groups in total. The molecule has 148 valence electrons. The van der Waals surface area contributed by atoms with Gasteiger partial charge in [-0.05, 0) is 55.0 Å². The highest BCUT2D eigenvalue weighted by Crippen LogP contribution is 2.13. The molecule has 0 atom stereocenters. The lowest BCUT2D eigenvalue weighted by Gasteiger charge is -2.09. The van der Waals surface area contributed by atoms with Crippen LogP contribution in [-0.4, -0.2) is 21.6 Å². The molecule has 0 fully saturated rings. The Hall–Kier alpha value is -3.45. The fourth-order valence-corrected chi connectivity index (χ4v) is 2.74. The molecule has 1 aromatic heterocycles. The van der Waals surface area contributed by atoms with Crippen molar-refractivity contribution in [2.45, 2.75) is 19.9 Å². The zero-order valence-corrected chi connectivity index (χ0v) is 16.4. The van der Waals surface area contributed by atoms with Gasteiger partial charge in [-0.15, -0.1) is 0 Å². The Balaban J connectivity index is 1.64. The van der Waals surface area contributed by atoms with E-state index in [1.165, 1.54) is 12.1 Å². The van der Waals surface area contributed by atoms with Crippen LogP contribution in [0.5, 0.6) is 0 Å². The van der Waals surface area contributed by atoms with Crippen molar-refractivity contribution in [1.29, 1.82) is 0 Å². The van der Waals surface area contributed by atoms with Crippen LogP contribution in [0.1, 0.15) is 22.5 Å². The van der Waals surface area contributed by atoms with Gasteiger partial charge in [-0.25, -0.2) is 4.68 Å². The Labute approximate surface area is 172 Å². The van der Waals surface area contributed by atoms with Gasteiger partial charge in [0, 0.05) is 28.9 Å². The molecular formula is C21H19ClN4O3. The number of aromatic nitrogens is 2. The van der Waals surface area contributed by atoms with Crippen LogP contribution in [0.3, 0.4) is 0 Å². The molecule has 2 amide bonds. The molecule has 0 saturated carbocycles. The molecule has 8 heteroatoms. The summed E-state index contributed by atoms with van der Waals surface area (Å²) in [7, 11) is 0. The number of nitrogens with one attached hydrogen (secondary N) is 2. The van der Waals surface area contributed by atoms with Gasteiger partial charge in [0.25, 0.3) is 11.5 Å². The summed E-state index contributed by atoms with van der Waals surface area (Å²) >= 11 is 5.81. The first-order valence-corrected chi connectivity index (χ1v) is 9.30. The summed E-state index contributed by atoms with van der Waals surface area (Å²) in [6, 6.07) is 16.7. The summed E-state index contributed by atoms with van der Waals surface area (Å²) < 4.78 is 1.10. The van der Waals surface area contributed by atoms with Crippen molar-refractivity contribution in [2.24, 2.45) is 0 Å². The highest BCUT2D eigenvalue weighted by molar-refractivity contribution is 6.30. The van der Waals surface area contributed by atoms with Crippen molar-refractivity contribution in [3.05, 3.63) is 87.3 Å². The van der Waals surface area contributed by atoms with Crippen LogP contribution in [0.4, 0.5) is 11.4 Å². The van der Waals surface area contributed by atoms with E-state index in [0.717, 1.165) is 10.2 Å². The largest absolute Gasteiger partial charge is 0.326 e. The number of carbonyl (C=O) groups is 2. The van der Waals surface area contributed by atoms with Gasteiger partial charge in [0.05, 0.1) is 6.54 Å². The zero-order valence-electron chi connectivity index (χ0n) is 15.7. The number of hydrogen-bond donors (Lipinski definition) is 2. The van der Waals surface area contributed by atoms with Gasteiger partial charge in [0.15, 0.2) is 0 Å². The second-order valence-corrected chi connectivity index (χ2v) is 6.85. The summed E-state index contributed by atoms with van der Waals surface area (Å²) in [6.45, 7) is 1.97. The second kappa shape index (κ2) is 9.16. The van der Waals surface area contributed by atoms with Crippen molar-refractivity contribution in [1.82, 2.24) is 9.78 Å². The van der Waals surface area contributed by atoms with Crippen molar-refractivity contribution in [3.8, 4) is 0 Å². The van der Waals surface area contributed by atoms with Crippen molar-refractivity contribution in [2.75, 3.05) is 10.6 Å². The topological polar surface area (TPSA) is 93.1 Å².